The van der Waals surface area contributed by atoms with Gasteiger partial charge in [-0.1, -0.05) is 48.5 Å². The first-order chi connectivity index (χ1) is 11.6. The van der Waals surface area contributed by atoms with Gasteiger partial charge in [0.05, 0.1) is 0 Å². The lowest BCUT2D eigenvalue weighted by Crippen LogP contribution is -2.03. The molecule has 0 amide bonds. The molecule has 0 saturated heterocycles. The third-order valence-corrected chi connectivity index (χ3v) is 4.33. The first-order valence-corrected chi connectivity index (χ1v) is 7.92. The van der Waals surface area contributed by atoms with Crippen molar-refractivity contribution in [1.29, 1.82) is 0 Å². The Morgan fingerprint density at radius 3 is 1.17 bits per heavy atom. The number of fused-ring (bicyclic) bond motifs is 2. The van der Waals surface area contributed by atoms with Crippen molar-refractivity contribution in [2.24, 2.45) is 0 Å². The van der Waals surface area contributed by atoms with Gasteiger partial charge in [0.2, 0.25) is 0 Å². The number of aliphatic carboxylic acids is 2. The SMILES string of the molecule is O=C(O)CCc1c2ccccc2c(CCC(=O)O)c2ccccc12. The minimum atomic E-state index is -0.821. The minimum absolute atomic E-state index is 0.0719. The van der Waals surface area contributed by atoms with E-state index in [2.05, 4.69) is 0 Å². The Morgan fingerprint density at radius 1 is 0.625 bits per heavy atom. The second-order valence-electron chi connectivity index (χ2n) is 5.84. The van der Waals surface area contributed by atoms with E-state index in [9.17, 15) is 9.59 Å². The van der Waals surface area contributed by atoms with Crippen molar-refractivity contribution < 1.29 is 19.8 Å². The topological polar surface area (TPSA) is 74.6 Å². The van der Waals surface area contributed by atoms with Crippen LogP contribution in [0.4, 0.5) is 0 Å². The van der Waals surface area contributed by atoms with Gasteiger partial charge in [-0.05, 0) is 45.5 Å². The van der Waals surface area contributed by atoms with E-state index in [1.807, 2.05) is 48.5 Å². The zero-order valence-electron chi connectivity index (χ0n) is 13.2. The number of rotatable bonds is 6. The van der Waals surface area contributed by atoms with Crippen LogP contribution in [0.25, 0.3) is 21.5 Å². The maximum atomic E-state index is 11.0. The van der Waals surface area contributed by atoms with Gasteiger partial charge in [0.1, 0.15) is 0 Å². The van der Waals surface area contributed by atoms with E-state index in [0.29, 0.717) is 12.8 Å². The van der Waals surface area contributed by atoms with Crippen LogP contribution in [0.2, 0.25) is 0 Å². The molecule has 2 N–H and O–H groups in total. The molecule has 0 radical (unpaired) electrons. The quantitative estimate of drug-likeness (QED) is 0.672. The average Bonchev–Trinajstić information content (AvgIpc) is 2.57. The number of carboxylic acids is 2. The largest absolute Gasteiger partial charge is 0.481 e. The van der Waals surface area contributed by atoms with Crippen LogP contribution in [-0.4, -0.2) is 22.2 Å². The average molecular weight is 322 g/mol. The highest BCUT2D eigenvalue weighted by Gasteiger charge is 2.14. The van der Waals surface area contributed by atoms with Gasteiger partial charge in [0, 0.05) is 12.8 Å². The van der Waals surface area contributed by atoms with Gasteiger partial charge in [-0.2, -0.15) is 0 Å². The summed E-state index contributed by atoms with van der Waals surface area (Å²) in [5.74, 6) is -1.64. The molecule has 0 bridgehead atoms. The number of carboxylic acid groups (broad SMARTS) is 2. The highest BCUT2D eigenvalue weighted by Crippen LogP contribution is 2.34. The molecule has 0 atom stereocenters. The standard InChI is InChI=1S/C20H18O4/c21-19(22)11-9-17-13-5-1-2-6-14(13)18(10-12-20(23)24)16-8-4-3-7-15(16)17/h1-8H,9-12H2,(H,21,22)(H,23,24). The molecule has 0 unspecified atom stereocenters. The Hall–Kier alpha value is -2.88. The van der Waals surface area contributed by atoms with Gasteiger partial charge in [0.15, 0.2) is 0 Å². The first-order valence-electron chi connectivity index (χ1n) is 7.92. The maximum absolute atomic E-state index is 11.0. The first kappa shape index (κ1) is 16.0. The van der Waals surface area contributed by atoms with Gasteiger partial charge in [-0.15, -0.1) is 0 Å². The summed E-state index contributed by atoms with van der Waals surface area (Å²) in [6.07, 6.45) is 1.05. The van der Waals surface area contributed by atoms with Crippen molar-refractivity contribution in [3.63, 3.8) is 0 Å². The van der Waals surface area contributed by atoms with Crippen molar-refractivity contribution in [3.8, 4) is 0 Å². The Balaban J connectivity index is 2.28. The van der Waals surface area contributed by atoms with Crippen LogP contribution in [0.3, 0.4) is 0 Å². The minimum Gasteiger partial charge on any atom is -0.481 e. The van der Waals surface area contributed by atoms with E-state index >= 15 is 0 Å². The van der Waals surface area contributed by atoms with Crippen LogP contribution in [0.15, 0.2) is 48.5 Å². The fourth-order valence-electron chi connectivity index (χ4n) is 3.31. The fourth-order valence-corrected chi connectivity index (χ4v) is 3.31. The van der Waals surface area contributed by atoms with Crippen LogP contribution in [0.1, 0.15) is 24.0 Å². The smallest absolute Gasteiger partial charge is 0.303 e. The predicted octanol–water partition coefficient (Wildman–Crippen LogP) is 4.03. The van der Waals surface area contributed by atoms with Gasteiger partial charge >= 0.3 is 11.9 Å². The Labute approximate surface area is 139 Å². The third kappa shape index (κ3) is 3.08. The zero-order valence-corrected chi connectivity index (χ0v) is 13.2. The molecule has 0 aliphatic rings. The highest BCUT2D eigenvalue weighted by molar-refractivity contribution is 6.06. The number of hydrogen-bond acceptors (Lipinski definition) is 2. The zero-order chi connectivity index (χ0) is 17.1. The van der Waals surface area contributed by atoms with Crippen LogP contribution in [-0.2, 0) is 22.4 Å². The lowest BCUT2D eigenvalue weighted by Gasteiger charge is -2.16. The Morgan fingerprint density at radius 2 is 0.917 bits per heavy atom. The molecule has 0 spiro atoms. The van der Waals surface area contributed by atoms with Crippen LogP contribution in [0, 0.1) is 0 Å². The van der Waals surface area contributed by atoms with Crippen molar-refractivity contribution in [2.75, 3.05) is 0 Å². The van der Waals surface area contributed by atoms with E-state index in [1.54, 1.807) is 0 Å². The summed E-state index contributed by atoms with van der Waals surface area (Å²) in [6.45, 7) is 0. The van der Waals surface area contributed by atoms with Crippen molar-refractivity contribution in [3.05, 3.63) is 59.7 Å². The summed E-state index contributed by atoms with van der Waals surface area (Å²) in [4.78, 5) is 22.0. The van der Waals surface area contributed by atoms with Crippen LogP contribution >= 0.6 is 0 Å². The van der Waals surface area contributed by atoms with E-state index in [4.69, 9.17) is 10.2 Å². The molecule has 3 aromatic rings. The number of aryl methyl sites for hydroxylation is 2. The molecule has 24 heavy (non-hydrogen) atoms. The molecule has 4 heteroatoms. The molecule has 0 heterocycles. The molecule has 0 fully saturated rings. The summed E-state index contributed by atoms with van der Waals surface area (Å²) < 4.78 is 0. The highest BCUT2D eigenvalue weighted by atomic mass is 16.4. The molecule has 0 aromatic heterocycles. The second kappa shape index (κ2) is 6.71. The molecule has 122 valence electrons. The van der Waals surface area contributed by atoms with Gasteiger partial charge in [0.25, 0.3) is 0 Å². The van der Waals surface area contributed by atoms with E-state index in [1.165, 1.54) is 0 Å². The van der Waals surface area contributed by atoms with E-state index < -0.39 is 11.9 Å². The molecule has 3 aromatic carbocycles. The lowest BCUT2D eigenvalue weighted by molar-refractivity contribution is -0.138. The Kier molecular flexibility index (Phi) is 4.47. The van der Waals surface area contributed by atoms with E-state index in [-0.39, 0.29) is 12.8 Å². The molecule has 3 rings (SSSR count). The van der Waals surface area contributed by atoms with Gasteiger partial charge < -0.3 is 10.2 Å². The molecule has 4 nitrogen and oxygen atoms in total. The van der Waals surface area contributed by atoms with Crippen molar-refractivity contribution >= 4 is 33.5 Å². The summed E-state index contributed by atoms with van der Waals surface area (Å²) in [7, 11) is 0. The van der Waals surface area contributed by atoms with Gasteiger partial charge in [-0.3, -0.25) is 9.59 Å². The number of hydrogen-bond donors (Lipinski definition) is 2. The molecule has 0 aliphatic carbocycles. The van der Waals surface area contributed by atoms with E-state index in [0.717, 1.165) is 32.7 Å². The maximum Gasteiger partial charge on any atom is 0.303 e. The number of carbonyl (C=O) groups is 2. The third-order valence-electron chi connectivity index (χ3n) is 4.33. The Bertz CT molecular complexity index is 794. The summed E-state index contributed by atoms with van der Waals surface area (Å²) in [6, 6.07) is 15.7. The molecule has 0 saturated carbocycles. The van der Waals surface area contributed by atoms with Crippen molar-refractivity contribution in [2.45, 2.75) is 25.7 Å². The molecule has 0 aliphatic heterocycles. The van der Waals surface area contributed by atoms with Crippen LogP contribution in [0.5, 0.6) is 0 Å². The lowest BCUT2D eigenvalue weighted by atomic mass is 9.88. The normalized spacial score (nSPS) is 11.0. The predicted molar refractivity (Wildman–Crippen MR) is 93.4 cm³/mol. The number of benzene rings is 3. The van der Waals surface area contributed by atoms with Gasteiger partial charge in [-0.25, -0.2) is 0 Å². The van der Waals surface area contributed by atoms with Crippen molar-refractivity contribution in [1.82, 2.24) is 0 Å². The molecular formula is C20H18O4. The summed E-state index contributed by atoms with van der Waals surface area (Å²) in [5.41, 5.74) is 2.03. The fraction of sp³-hybridized carbons (Fsp3) is 0.200. The summed E-state index contributed by atoms with van der Waals surface area (Å²) in [5, 5.41) is 22.2. The van der Waals surface area contributed by atoms with Crippen LogP contribution < -0.4 is 0 Å². The monoisotopic (exact) mass is 322 g/mol. The molecular weight excluding hydrogens is 304 g/mol. The second-order valence-corrected chi connectivity index (χ2v) is 5.84. The summed E-state index contributed by atoms with van der Waals surface area (Å²) >= 11 is 0.